The maximum Gasteiger partial charge on any atom is 0.316 e. The van der Waals surface area contributed by atoms with E-state index in [-0.39, 0.29) is 17.1 Å². The van der Waals surface area contributed by atoms with Crippen LogP contribution >= 0.6 is 0 Å². The predicted octanol–water partition coefficient (Wildman–Crippen LogP) is 4.17. The monoisotopic (exact) mass is 422 g/mol. The number of methoxy groups -OCH3 is 1. The van der Waals surface area contributed by atoms with Crippen molar-refractivity contribution in [3.05, 3.63) is 63.8 Å². The van der Waals surface area contributed by atoms with E-state index >= 15 is 0 Å². The van der Waals surface area contributed by atoms with Gasteiger partial charge in [0.2, 0.25) is 5.75 Å². The first-order valence-electron chi connectivity index (χ1n) is 9.09. The molecule has 1 aromatic heterocycles. The largest absolute Gasteiger partial charge is 0.496 e. The average Bonchev–Trinajstić information content (AvgIpc) is 2.72. The number of nitro groups is 1. The highest BCUT2D eigenvalue weighted by Gasteiger charge is 2.22. The number of carbonyl (C=O) groups is 2. The number of aromatic nitrogens is 1. The van der Waals surface area contributed by atoms with Gasteiger partial charge in [-0.2, -0.15) is 0 Å². The number of para-hydroxylation sites is 1. The van der Waals surface area contributed by atoms with Crippen LogP contribution in [0.15, 0.2) is 42.5 Å². The molecule has 158 valence electrons. The Morgan fingerprint density at radius 2 is 1.77 bits per heavy atom. The van der Waals surface area contributed by atoms with Gasteiger partial charge in [-0.3, -0.25) is 19.7 Å². The number of hydrogen-bond donors (Lipinski definition) is 0. The van der Waals surface area contributed by atoms with Crippen molar-refractivity contribution in [3.8, 4) is 17.2 Å². The molecule has 0 aliphatic heterocycles. The number of pyridine rings is 1. The number of fused-ring (bicyclic) bond motifs is 1. The summed E-state index contributed by atoms with van der Waals surface area (Å²) in [5.41, 5.74) is 0.831. The van der Waals surface area contributed by atoms with Gasteiger partial charge < -0.3 is 14.2 Å². The Labute approximate surface area is 177 Å². The van der Waals surface area contributed by atoms with Crippen LogP contribution in [0, 0.1) is 10.1 Å². The number of hydrogen-bond acceptors (Lipinski definition) is 8. The van der Waals surface area contributed by atoms with Gasteiger partial charge in [-0.15, -0.1) is 0 Å². The summed E-state index contributed by atoms with van der Waals surface area (Å²) in [5.74, 6) is -0.817. The summed E-state index contributed by atoms with van der Waals surface area (Å²) in [6.45, 7) is 2.46. The molecular formula is C22H18N2O7. The Kier molecular flexibility index (Phi) is 6.25. The number of carbonyl (C=O) groups excluding carboxylic acids is 2. The quantitative estimate of drug-likeness (QED) is 0.251. The minimum atomic E-state index is -0.697. The number of ether oxygens (including phenoxy) is 3. The lowest BCUT2D eigenvalue weighted by molar-refractivity contribution is -0.385. The van der Waals surface area contributed by atoms with Gasteiger partial charge in [0, 0.05) is 24.8 Å². The molecule has 0 N–H and O–H groups in total. The second kappa shape index (κ2) is 9.04. The van der Waals surface area contributed by atoms with E-state index in [9.17, 15) is 19.7 Å². The molecule has 0 unspecified atom stereocenters. The molecule has 0 radical (unpaired) electrons. The summed E-state index contributed by atoms with van der Waals surface area (Å²) >= 11 is 0. The first kappa shape index (κ1) is 21.4. The fraction of sp³-hybridized carbons (Fsp3) is 0.136. The highest BCUT2D eigenvalue weighted by atomic mass is 16.6. The molecule has 3 aromatic rings. The van der Waals surface area contributed by atoms with Gasteiger partial charge in [0.1, 0.15) is 11.3 Å². The van der Waals surface area contributed by atoms with Gasteiger partial charge in [0.25, 0.3) is 0 Å². The maximum absolute atomic E-state index is 11.5. The minimum Gasteiger partial charge on any atom is -0.496 e. The van der Waals surface area contributed by atoms with Gasteiger partial charge in [-0.25, -0.2) is 4.98 Å². The van der Waals surface area contributed by atoms with E-state index in [4.69, 9.17) is 14.2 Å². The second-order valence-corrected chi connectivity index (χ2v) is 6.41. The standard InChI is InChI=1S/C22H18N2O7/c1-13(25)30-20-6-4-5-15-7-9-17(23-21(15)20)10-8-16-11-18(29-3)12-19(24(27)28)22(16)31-14(2)26/h4-12H,1-3H3/b10-8+. The van der Waals surface area contributed by atoms with Crippen LogP contribution in [0.4, 0.5) is 5.69 Å². The summed E-state index contributed by atoms with van der Waals surface area (Å²) in [6, 6.07) is 11.4. The van der Waals surface area contributed by atoms with Crippen molar-refractivity contribution in [2.24, 2.45) is 0 Å². The SMILES string of the molecule is COc1cc(/C=C/c2ccc3cccc(OC(C)=O)c3n2)c(OC(C)=O)c([N+](=O)[O-])c1. The third kappa shape index (κ3) is 5.02. The zero-order valence-corrected chi connectivity index (χ0v) is 16.9. The topological polar surface area (TPSA) is 118 Å². The van der Waals surface area contributed by atoms with Crippen LogP contribution in [-0.2, 0) is 9.59 Å². The summed E-state index contributed by atoms with van der Waals surface area (Å²) in [5, 5.41) is 12.2. The number of benzene rings is 2. The molecule has 3 rings (SSSR count). The number of nitrogens with zero attached hydrogens (tertiary/aromatic N) is 2. The number of esters is 2. The number of rotatable bonds is 6. The van der Waals surface area contributed by atoms with E-state index < -0.39 is 22.5 Å². The summed E-state index contributed by atoms with van der Waals surface area (Å²) in [4.78, 5) is 38.1. The van der Waals surface area contributed by atoms with Gasteiger partial charge in [-0.1, -0.05) is 18.2 Å². The molecule has 0 saturated carbocycles. The smallest absolute Gasteiger partial charge is 0.316 e. The molecule has 2 aromatic carbocycles. The molecule has 0 atom stereocenters. The Balaban J connectivity index is 2.09. The highest BCUT2D eigenvalue weighted by molar-refractivity contribution is 5.88. The molecule has 0 spiro atoms. The van der Waals surface area contributed by atoms with E-state index in [1.165, 1.54) is 32.2 Å². The maximum atomic E-state index is 11.5. The highest BCUT2D eigenvalue weighted by Crippen LogP contribution is 2.37. The summed E-state index contributed by atoms with van der Waals surface area (Å²) in [6.07, 6.45) is 3.12. The van der Waals surface area contributed by atoms with Gasteiger partial charge in [0.15, 0.2) is 5.75 Å². The van der Waals surface area contributed by atoms with E-state index in [0.717, 1.165) is 12.3 Å². The first-order valence-corrected chi connectivity index (χ1v) is 9.09. The minimum absolute atomic E-state index is 0.198. The van der Waals surface area contributed by atoms with E-state index in [1.807, 2.05) is 6.07 Å². The molecule has 0 saturated heterocycles. The Bertz CT molecular complexity index is 1220. The Hall–Kier alpha value is -4.27. The fourth-order valence-electron chi connectivity index (χ4n) is 2.88. The first-order chi connectivity index (χ1) is 14.8. The molecular weight excluding hydrogens is 404 g/mol. The summed E-state index contributed by atoms with van der Waals surface area (Å²) in [7, 11) is 1.37. The Morgan fingerprint density at radius 1 is 1.03 bits per heavy atom. The third-order valence-corrected chi connectivity index (χ3v) is 4.14. The molecule has 0 amide bonds. The van der Waals surface area contributed by atoms with E-state index in [1.54, 1.807) is 30.3 Å². The zero-order valence-electron chi connectivity index (χ0n) is 16.9. The van der Waals surface area contributed by atoms with Crippen molar-refractivity contribution in [1.82, 2.24) is 4.98 Å². The lowest BCUT2D eigenvalue weighted by atomic mass is 10.1. The third-order valence-electron chi connectivity index (χ3n) is 4.14. The van der Waals surface area contributed by atoms with Crippen molar-refractivity contribution in [2.45, 2.75) is 13.8 Å². The van der Waals surface area contributed by atoms with Crippen molar-refractivity contribution in [2.75, 3.05) is 7.11 Å². The number of nitro benzene ring substituents is 1. The van der Waals surface area contributed by atoms with Crippen LogP contribution in [0.3, 0.4) is 0 Å². The Morgan fingerprint density at radius 3 is 2.42 bits per heavy atom. The zero-order chi connectivity index (χ0) is 22.5. The van der Waals surface area contributed by atoms with Crippen LogP contribution in [-0.4, -0.2) is 29.0 Å². The van der Waals surface area contributed by atoms with Gasteiger partial charge in [-0.05, 0) is 30.4 Å². The van der Waals surface area contributed by atoms with Crippen molar-refractivity contribution >= 4 is 40.7 Å². The lowest BCUT2D eigenvalue weighted by Crippen LogP contribution is -2.06. The van der Waals surface area contributed by atoms with Crippen LogP contribution in [0.25, 0.3) is 23.1 Å². The lowest BCUT2D eigenvalue weighted by Gasteiger charge is -2.09. The normalized spacial score (nSPS) is 10.8. The molecule has 31 heavy (non-hydrogen) atoms. The van der Waals surface area contributed by atoms with Crippen LogP contribution in [0.5, 0.6) is 17.2 Å². The molecule has 9 nitrogen and oxygen atoms in total. The van der Waals surface area contributed by atoms with Gasteiger partial charge >= 0.3 is 17.6 Å². The van der Waals surface area contributed by atoms with Gasteiger partial charge in [0.05, 0.1) is 23.8 Å². The fourth-order valence-corrected chi connectivity index (χ4v) is 2.88. The molecule has 1 heterocycles. The van der Waals surface area contributed by atoms with Crippen molar-refractivity contribution in [3.63, 3.8) is 0 Å². The molecule has 9 heteroatoms. The van der Waals surface area contributed by atoms with Crippen LogP contribution in [0.2, 0.25) is 0 Å². The van der Waals surface area contributed by atoms with Crippen molar-refractivity contribution in [1.29, 1.82) is 0 Å². The van der Waals surface area contributed by atoms with Crippen molar-refractivity contribution < 1.29 is 28.7 Å². The van der Waals surface area contributed by atoms with Crippen LogP contribution < -0.4 is 14.2 Å². The van der Waals surface area contributed by atoms with E-state index in [2.05, 4.69) is 4.98 Å². The van der Waals surface area contributed by atoms with E-state index in [0.29, 0.717) is 17.0 Å². The second-order valence-electron chi connectivity index (χ2n) is 6.41. The molecule has 0 aliphatic rings. The molecule has 0 fully saturated rings. The predicted molar refractivity (Wildman–Crippen MR) is 113 cm³/mol. The van der Waals surface area contributed by atoms with Crippen LogP contribution in [0.1, 0.15) is 25.1 Å². The molecule has 0 aliphatic carbocycles. The average molecular weight is 422 g/mol. The summed E-state index contributed by atoms with van der Waals surface area (Å²) < 4.78 is 15.4. The molecule has 0 bridgehead atoms.